The first-order valence-corrected chi connectivity index (χ1v) is 9.97. The van der Waals surface area contributed by atoms with Crippen molar-refractivity contribution in [2.75, 3.05) is 6.54 Å². The van der Waals surface area contributed by atoms with Gasteiger partial charge < -0.3 is 21.1 Å². The highest BCUT2D eigenvalue weighted by Gasteiger charge is 2.27. The molecule has 2 unspecified atom stereocenters. The number of amides is 2. The van der Waals surface area contributed by atoms with E-state index in [4.69, 9.17) is 5.73 Å². The Bertz CT molecular complexity index is 902. The van der Waals surface area contributed by atoms with Gasteiger partial charge >= 0.3 is 0 Å². The SMILES string of the molecule is Cc1cc(O)cc(C)c1CC(N)C(=O)NC(C)C(=O)N1CCc2ccccc2C1. The second-order valence-electron chi connectivity index (χ2n) is 7.88. The smallest absolute Gasteiger partial charge is 0.245 e. The van der Waals surface area contributed by atoms with E-state index in [1.54, 1.807) is 24.0 Å². The lowest BCUT2D eigenvalue weighted by molar-refractivity contribution is -0.137. The number of fused-ring (bicyclic) bond motifs is 1. The zero-order valence-electron chi connectivity index (χ0n) is 17.2. The number of aromatic hydroxyl groups is 1. The van der Waals surface area contributed by atoms with Crippen LogP contribution in [0.3, 0.4) is 0 Å². The molecule has 0 saturated carbocycles. The van der Waals surface area contributed by atoms with Crippen LogP contribution in [0.2, 0.25) is 0 Å². The topological polar surface area (TPSA) is 95.7 Å². The summed E-state index contributed by atoms with van der Waals surface area (Å²) in [5, 5.41) is 12.4. The van der Waals surface area contributed by atoms with Gasteiger partial charge in [-0.2, -0.15) is 0 Å². The third-order valence-corrected chi connectivity index (χ3v) is 5.61. The van der Waals surface area contributed by atoms with E-state index >= 15 is 0 Å². The second-order valence-corrected chi connectivity index (χ2v) is 7.88. The van der Waals surface area contributed by atoms with E-state index in [1.807, 2.05) is 32.0 Å². The fourth-order valence-corrected chi connectivity index (χ4v) is 3.95. The van der Waals surface area contributed by atoms with Crippen molar-refractivity contribution in [1.29, 1.82) is 0 Å². The molecule has 0 bridgehead atoms. The van der Waals surface area contributed by atoms with Gasteiger partial charge in [0.1, 0.15) is 11.8 Å². The summed E-state index contributed by atoms with van der Waals surface area (Å²) in [6.45, 7) is 6.67. The Kier molecular flexibility index (Phi) is 6.23. The highest BCUT2D eigenvalue weighted by Crippen LogP contribution is 2.22. The molecular weight excluding hydrogens is 366 g/mol. The first kappa shape index (κ1) is 20.9. The lowest BCUT2D eigenvalue weighted by Crippen LogP contribution is -2.52. The van der Waals surface area contributed by atoms with E-state index in [0.29, 0.717) is 19.5 Å². The normalized spacial score (nSPS) is 15.4. The number of aryl methyl sites for hydroxylation is 2. The number of hydrogen-bond donors (Lipinski definition) is 3. The standard InChI is InChI=1S/C23H29N3O3/c1-14-10-19(27)11-15(2)20(14)12-21(24)22(28)25-16(3)23(29)26-9-8-17-6-4-5-7-18(17)13-26/h4-7,10-11,16,21,27H,8-9,12-13,24H2,1-3H3,(H,25,28). The summed E-state index contributed by atoms with van der Waals surface area (Å²) < 4.78 is 0. The third-order valence-electron chi connectivity index (χ3n) is 5.61. The fraction of sp³-hybridized carbons (Fsp3) is 0.391. The largest absolute Gasteiger partial charge is 0.508 e. The Hall–Kier alpha value is -2.86. The maximum atomic E-state index is 12.8. The maximum absolute atomic E-state index is 12.8. The molecule has 3 rings (SSSR count). The van der Waals surface area contributed by atoms with Crippen molar-refractivity contribution in [3.8, 4) is 5.75 Å². The molecule has 0 aliphatic carbocycles. The zero-order valence-corrected chi connectivity index (χ0v) is 17.2. The van der Waals surface area contributed by atoms with Crippen molar-refractivity contribution >= 4 is 11.8 Å². The average Bonchev–Trinajstić information content (AvgIpc) is 2.69. The van der Waals surface area contributed by atoms with Crippen LogP contribution in [0.15, 0.2) is 36.4 Å². The molecule has 0 aromatic heterocycles. The molecular formula is C23H29N3O3. The Morgan fingerprint density at radius 2 is 1.79 bits per heavy atom. The van der Waals surface area contributed by atoms with Crippen LogP contribution in [0.25, 0.3) is 0 Å². The minimum absolute atomic E-state index is 0.1000. The van der Waals surface area contributed by atoms with Crippen LogP contribution in [0, 0.1) is 13.8 Å². The van der Waals surface area contributed by atoms with Gasteiger partial charge in [0.05, 0.1) is 6.04 Å². The summed E-state index contributed by atoms with van der Waals surface area (Å²) in [5.74, 6) is -0.253. The summed E-state index contributed by atoms with van der Waals surface area (Å²) in [6.07, 6.45) is 1.17. The summed E-state index contributed by atoms with van der Waals surface area (Å²) in [7, 11) is 0. The summed E-state index contributed by atoms with van der Waals surface area (Å²) >= 11 is 0. The summed E-state index contributed by atoms with van der Waals surface area (Å²) in [4.78, 5) is 27.2. The lowest BCUT2D eigenvalue weighted by atomic mass is 9.96. The third kappa shape index (κ3) is 4.77. The van der Waals surface area contributed by atoms with Gasteiger partial charge in [-0.3, -0.25) is 9.59 Å². The van der Waals surface area contributed by atoms with Crippen molar-refractivity contribution in [3.05, 3.63) is 64.2 Å². The number of nitrogens with one attached hydrogen (secondary N) is 1. The fourth-order valence-electron chi connectivity index (χ4n) is 3.95. The van der Waals surface area contributed by atoms with Gasteiger partial charge in [-0.15, -0.1) is 0 Å². The molecule has 0 spiro atoms. The molecule has 6 nitrogen and oxygen atoms in total. The number of carbonyl (C=O) groups is 2. The van der Waals surface area contributed by atoms with Crippen LogP contribution in [0.1, 0.15) is 34.7 Å². The minimum Gasteiger partial charge on any atom is -0.508 e. The molecule has 1 heterocycles. The van der Waals surface area contributed by atoms with Crippen LogP contribution in [0.5, 0.6) is 5.75 Å². The van der Waals surface area contributed by atoms with E-state index in [2.05, 4.69) is 11.4 Å². The van der Waals surface area contributed by atoms with E-state index in [1.165, 1.54) is 5.56 Å². The van der Waals surface area contributed by atoms with Gasteiger partial charge in [0, 0.05) is 13.1 Å². The van der Waals surface area contributed by atoms with Crippen molar-refractivity contribution in [1.82, 2.24) is 10.2 Å². The van der Waals surface area contributed by atoms with E-state index < -0.39 is 12.1 Å². The minimum atomic E-state index is -0.769. The molecule has 2 atom stereocenters. The van der Waals surface area contributed by atoms with Gasteiger partial charge in [-0.05, 0) is 73.6 Å². The summed E-state index contributed by atoms with van der Waals surface area (Å²) in [6, 6.07) is 10.0. The van der Waals surface area contributed by atoms with Crippen molar-refractivity contribution in [2.45, 2.75) is 52.2 Å². The van der Waals surface area contributed by atoms with Gasteiger partial charge in [-0.1, -0.05) is 24.3 Å². The number of carbonyl (C=O) groups excluding carboxylic acids is 2. The van der Waals surface area contributed by atoms with Gasteiger partial charge in [0.25, 0.3) is 0 Å². The molecule has 1 aliphatic heterocycles. The molecule has 29 heavy (non-hydrogen) atoms. The molecule has 2 amide bonds. The van der Waals surface area contributed by atoms with Crippen LogP contribution in [-0.4, -0.2) is 40.4 Å². The zero-order chi connectivity index (χ0) is 21.1. The maximum Gasteiger partial charge on any atom is 0.245 e. The summed E-state index contributed by atoms with van der Waals surface area (Å²) in [5.41, 5.74) is 11.3. The first-order chi connectivity index (χ1) is 13.8. The van der Waals surface area contributed by atoms with Crippen molar-refractivity contribution in [2.24, 2.45) is 5.73 Å². The molecule has 2 aromatic carbocycles. The quantitative estimate of drug-likeness (QED) is 0.721. The number of nitrogens with zero attached hydrogens (tertiary/aromatic N) is 1. The molecule has 154 valence electrons. The van der Waals surface area contributed by atoms with Crippen molar-refractivity contribution < 1.29 is 14.7 Å². The number of nitrogens with two attached hydrogens (primary N) is 1. The van der Waals surface area contributed by atoms with Crippen LogP contribution >= 0.6 is 0 Å². The monoisotopic (exact) mass is 395 g/mol. The molecule has 0 fully saturated rings. The van der Waals surface area contributed by atoms with Crippen molar-refractivity contribution in [3.63, 3.8) is 0 Å². The molecule has 0 saturated heterocycles. The van der Waals surface area contributed by atoms with Crippen LogP contribution < -0.4 is 11.1 Å². The van der Waals surface area contributed by atoms with Crippen LogP contribution in [-0.2, 0) is 29.0 Å². The van der Waals surface area contributed by atoms with Gasteiger partial charge in [-0.25, -0.2) is 0 Å². The Labute approximate surface area is 171 Å². The molecule has 2 aromatic rings. The molecule has 6 heteroatoms. The second kappa shape index (κ2) is 8.66. The van der Waals surface area contributed by atoms with Gasteiger partial charge in [0.15, 0.2) is 0 Å². The van der Waals surface area contributed by atoms with Gasteiger partial charge in [0.2, 0.25) is 11.8 Å². The number of rotatable bonds is 5. The predicted molar refractivity (Wildman–Crippen MR) is 112 cm³/mol. The first-order valence-electron chi connectivity index (χ1n) is 9.97. The average molecular weight is 396 g/mol. The van der Waals surface area contributed by atoms with E-state index in [0.717, 1.165) is 28.7 Å². The Balaban J connectivity index is 1.59. The van der Waals surface area contributed by atoms with E-state index in [9.17, 15) is 14.7 Å². The lowest BCUT2D eigenvalue weighted by Gasteiger charge is -2.31. The number of benzene rings is 2. The highest BCUT2D eigenvalue weighted by molar-refractivity contribution is 5.89. The Morgan fingerprint density at radius 1 is 1.17 bits per heavy atom. The van der Waals surface area contributed by atoms with Crippen LogP contribution in [0.4, 0.5) is 0 Å². The molecule has 4 N–H and O–H groups in total. The molecule has 0 radical (unpaired) electrons. The number of phenolic OH excluding ortho intramolecular Hbond substituents is 1. The molecule has 1 aliphatic rings. The number of phenols is 1. The number of hydrogen-bond acceptors (Lipinski definition) is 4. The highest BCUT2D eigenvalue weighted by atomic mass is 16.3. The van der Waals surface area contributed by atoms with E-state index in [-0.39, 0.29) is 17.6 Å². The Morgan fingerprint density at radius 3 is 2.45 bits per heavy atom. The predicted octanol–water partition coefficient (Wildman–Crippen LogP) is 1.97.